The Morgan fingerprint density at radius 3 is 2.53 bits per heavy atom. The molecule has 7 heteroatoms. The van der Waals surface area contributed by atoms with Crippen LogP contribution in [0.4, 0.5) is 8.78 Å². The smallest absolute Gasteiger partial charge is 0.356 e. The molecule has 0 aliphatic heterocycles. The molecule has 0 fully saturated rings. The highest BCUT2D eigenvalue weighted by molar-refractivity contribution is 5.89. The Morgan fingerprint density at radius 1 is 1.00 bits per heavy atom. The van der Waals surface area contributed by atoms with E-state index in [4.69, 9.17) is 9.47 Å². The lowest BCUT2D eigenvalue weighted by Gasteiger charge is -2.12. The van der Waals surface area contributed by atoms with Crippen molar-refractivity contribution < 1.29 is 23.0 Å². The fourth-order valence-electron chi connectivity index (χ4n) is 3.43. The summed E-state index contributed by atoms with van der Waals surface area (Å²) in [6.07, 6.45) is 0. The van der Waals surface area contributed by atoms with Crippen molar-refractivity contribution in [3.8, 4) is 17.0 Å². The van der Waals surface area contributed by atoms with Crippen LogP contribution in [0.25, 0.3) is 22.2 Å². The Balaban J connectivity index is 1.91. The summed E-state index contributed by atoms with van der Waals surface area (Å²) in [5, 5.41) is 0.690. The van der Waals surface area contributed by atoms with E-state index in [0.29, 0.717) is 27.9 Å². The number of fused-ring (bicyclic) bond motifs is 1. The van der Waals surface area contributed by atoms with Gasteiger partial charge in [0.25, 0.3) is 0 Å². The molecular weight excluding hydrogens is 390 g/mol. The number of hydrogen-bond acceptors (Lipinski definition) is 4. The van der Waals surface area contributed by atoms with E-state index in [1.54, 1.807) is 53.1 Å². The van der Waals surface area contributed by atoms with Crippen molar-refractivity contribution in [2.45, 2.75) is 6.54 Å². The summed E-state index contributed by atoms with van der Waals surface area (Å²) >= 11 is 0. The fourth-order valence-corrected chi connectivity index (χ4v) is 3.43. The first-order chi connectivity index (χ1) is 14.5. The maximum atomic E-state index is 14.6. The Bertz CT molecular complexity index is 1250. The monoisotopic (exact) mass is 408 g/mol. The molecular formula is C23H18F2N2O3. The standard InChI is InChI=1S/C23H18F2N2O3/c1-29-22-11-14-10-21(16-7-3-4-8-17(16)24)27(20(14)12-18(22)25)13-15-6-5-9-19(26-15)23(28)30-2/h3-12H,13H2,1-2H3. The van der Waals surface area contributed by atoms with Gasteiger partial charge in [0, 0.05) is 17.0 Å². The molecule has 30 heavy (non-hydrogen) atoms. The Hall–Kier alpha value is -3.74. The van der Waals surface area contributed by atoms with E-state index < -0.39 is 17.6 Å². The summed E-state index contributed by atoms with van der Waals surface area (Å²) in [7, 11) is 2.67. The lowest BCUT2D eigenvalue weighted by Crippen LogP contribution is -2.09. The molecule has 0 saturated carbocycles. The average molecular weight is 408 g/mol. The highest BCUT2D eigenvalue weighted by Gasteiger charge is 2.18. The molecule has 0 atom stereocenters. The number of carbonyl (C=O) groups is 1. The van der Waals surface area contributed by atoms with Gasteiger partial charge in [0.1, 0.15) is 11.5 Å². The SMILES string of the molecule is COC(=O)c1cccc(Cn2c(-c3ccccc3F)cc3cc(OC)c(F)cc32)n1. The number of carbonyl (C=O) groups excluding carboxylic acids is 1. The van der Waals surface area contributed by atoms with Gasteiger partial charge in [-0.1, -0.05) is 18.2 Å². The van der Waals surface area contributed by atoms with Crippen molar-refractivity contribution in [2.75, 3.05) is 14.2 Å². The Labute approximate surface area is 171 Å². The van der Waals surface area contributed by atoms with Gasteiger partial charge >= 0.3 is 5.97 Å². The third-order valence-electron chi connectivity index (χ3n) is 4.85. The van der Waals surface area contributed by atoms with E-state index in [-0.39, 0.29) is 18.0 Å². The third kappa shape index (κ3) is 3.50. The zero-order valence-corrected chi connectivity index (χ0v) is 16.4. The van der Waals surface area contributed by atoms with Gasteiger partial charge in [0.15, 0.2) is 11.6 Å². The number of methoxy groups -OCH3 is 2. The molecule has 2 aromatic carbocycles. The van der Waals surface area contributed by atoms with Crippen LogP contribution in [0.2, 0.25) is 0 Å². The third-order valence-corrected chi connectivity index (χ3v) is 4.85. The van der Waals surface area contributed by atoms with Gasteiger partial charge in [-0.3, -0.25) is 0 Å². The molecule has 0 amide bonds. The van der Waals surface area contributed by atoms with E-state index in [2.05, 4.69) is 4.98 Å². The lowest BCUT2D eigenvalue weighted by molar-refractivity contribution is 0.0593. The minimum Gasteiger partial charge on any atom is -0.494 e. The van der Waals surface area contributed by atoms with Crippen LogP contribution in [0, 0.1) is 11.6 Å². The molecule has 0 N–H and O–H groups in total. The maximum Gasteiger partial charge on any atom is 0.356 e. The highest BCUT2D eigenvalue weighted by atomic mass is 19.1. The molecule has 152 valence electrons. The van der Waals surface area contributed by atoms with Gasteiger partial charge in [-0.15, -0.1) is 0 Å². The number of hydrogen-bond donors (Lipinski definition) is 0. The fraction of sp³-hybridized carbons (Fsp3) is 0.130. The molecule has 0 radical (unpaired) electrons. The van der Waals surface area contributed by atoms with E-state index >= 15 is 0 Å². The zero-order valence-electron chi connectivity index (χ0n) is 16.4. The molecule has 0 saturated heterocycles. The predicted octanol–water partition coefficient (Wildman–Crippen LogP) is 4.83. The largest absolute Gasteiger partial charge is 0.494 e. The second-order valence-electron chi connectivity index (χ2n) is 6.65. The van der Waals surface area contributed by atoms with Crippen LogP contribution in [-0.2, 0) is 11.3 Å². The number of rotatable bonds is 5. The summed E-state index contributed by atoms with van der Waals surface area (Å²) in [5.41, 5.74) is 2.19. The van der Waals surface area contributed by atoms with E-state index in [1.165, 1.54) is 26.4 Å². The van der Waals surface area contributed by atoms with Gasteiger partial charge in [-0.2, -0.15) is 0 Å². The molecule has 2 heterocycles. The molecule has 5 nitrogen and oxygen atoms in total. The van der Waals surface area contributed by atoms with Crippen LogP contribution in [0.1, 0.15) is 16.2 Å². The number of aromatic nitrogens is 2. The number of halogens is 2. The van der Waals surface area contributed by atoms with E-state index in [0.717, 1.165) is 0 Å². The molecule has 0 aliphatic rings. The van der Waals surface area contributed by atoms with Crippen LogP contribution < -0.4 is 4.74 Å². The number of pyridine rings is 1. The summed E-state index contributed by atoms with van der Waals surface area (Å²) in [6, 6.07) is 16.0. The average Bonchev–Trinajstić information content (AvgIpc) is 3.10. The Kier molecular flexibility index (Phi) is 5.18. The van der Waals surface area contributed by atoms with Crippen molar-refractivity contribution in [3.05, 3.63) is 83.7 Å². The van der Waals surface area contributed by atoms with Crippen LogP contribution in [0.15, 0.2) is 60.7 Å². The van der Waals surface area contributed by atoms with Gasteiger partial charge in [-0.05, 0) is 36.4 Å². The normalized spacial score (nSPS) is 10.9. The first-order valence-electron chi connectivity index (χ1n) is 9.17. The van der Waals surface area contributed by atoms with Crippen LogP contribution >= 0.6 is 0 Å². The van der Waals surface area contributed by atoms with Crippen LogP contribution in [0.3, 0.4) is 0 Å². The summed E-state index contributed by atoms with van der Waals surface area (Å²) in [4.78, 5) is 16.2. The van der Waals surface area contributed by atoms with Gasteiger partial charge < -0.3 is 14.0 Å². The maximum absolute atomic E-state index is 14.6. The minimum atomic E-state index is -0.556. The molecule has 4 rings (SSSR count). The molecule has 4 aromatic rings. The predicted molar refractivity (Wildman–Crippen MR) is 109 cm³/mol. The first-order valence-corrected chi connectivity index (χ1v) is 9.17. The number of ether oxygens (including phenoxy) is 2. The van der Waals surface area contributed by atoms with Crippen LogP contribution in [0.5, 0.6) is 5.75 Å². The molecule has 0 spiro atoms. The molecule has 2 aromatic heterocycles. The lowest BCUT2D eigenvalue weighted by atomic mass is 10.1. The second-order valence-corrected chi connectivity index (χ2v) is 6.65. The van der Waals surface area contributed by atoms with E-state index in [9.17, 15) is 13.6 Å². The Morgan fingerprint density at radius 2 is 1.80 bits per heavy atom. The van der Waals surface area contributed by atoms with Gasteiger partial charge in [-0.25, -0.2) is 18.6 Å². The van der Waals surface area contributed by atoms with Gasteiger partial charge in [0.05, 0.1) is 37.7 Å². The first kappa shape index (κ1) is 19.6. The molecule has 0 aliphatic carbocycles. The molecule has 0 unspecified atom stereocenters. The van der Waals surface area contributed by atoms with Crippen molar-refractivity contribution in [3.63, 3.8) is 0 Å². The van der Waals surface area contributed by atoms with Crippen molar-refractivity contribution >= 4 is 16.9 Å². The van der Waals surface area contributed by atoms with Crippen molar-refractivity contribution in [1.82, 2.24) is 9.55 Å². The summed E-state index contributed by atoms with van der Waals surface area (Å²) < 4.78 is 40.6. The molecule has 0 bridgehead atoms. The van der Waals surface area contributed by atoms with Crippen molar-refractivity contribution in [1.29, 1.82) is 0 Å². The number of benzene rings is 2. The van der Waals surface area contributed by atoms with Crippen molar-refractivity contribution in [2.24, 2.45) is 0 Å². The zero-order chi connectivity index (χ0) is 21.3. The summed E-state index contributed by atoms with van der Waals surface area (Å²) in [6.45, 7) is 0.198. The summed E-state index contributed by atoms with van der Waals surface area (Å²) in [5.74, 6) is -1.38. The van der Waals surface area contributed by atoms with Crippen LogP contribution in [-0.4, -0.2) is 29.7 Å². The highest BCUT2D eigenvalue weighted by Crippen LogP contribution is 2.33. The topological polar surface area (TPSA) is 53.4 Å². The minimum absolute atomic E-state index is 0.102. The number of nitrogens with zero attached hydrogens (tertiary/aromatic N) is 2. The van der Waals surface area contributed by atoms with E-state index in [1.807, 2.05) is 0 Å². The number of esters is 1. The quantitative estimate of drug-likeness (QED) is 0.444. The second kappa shape index (κ2) is 7.94. The van der Waals surface area contributed by atoms with Gasteiger partial charge in [0.2, 0.25) is 0 Å².